The first-order valence-electron chi connectivity index (χ1n) is 6.20. The Labute approximate surface area is 123 Å². The molecule has 21 heavy (non-hydrogen) atoms. The predicted octanol–water partition coefficient (Wildman–Crippen LogP) is 1.91. The van der Waals surface area contributed by atoms with Crippen LogP contribution in [0.25, 0.3) is 6.08 Å². The van der Waals surface area contributed by atoms with E-state index in [9.17, 15) is 13.2 Å². The molecule has 1 heterocycles. The summed E-state index contributed by atoms with van der Waals surface area (Å²) in [5.74, 6) is -0.720. The van der Waals surface area contributed by atoms with Crippen molar-refractivity contribution in [3.8, 4) is 0 Å². The van der Waals surface area contributed by atoms with Crippen LogP contribution in [-0.4, -0.2) is 19.3 Å². The zero-order valence-corrected chi connectivity index (χ0v) is 12.2. The van der Waals surface area contributed by atoms with E-state index in [4.69, 9.17) is 0 Å². The van der Waals surface area contributed by atoms with Crippen molar-refractivity contribution in [2.24, 2.45) is 0 Å². The van der Waals surface area contributed by atoms with Crippen LogP contribution in [-0.2, 0) is 14.8 Å². The normalized spacial score (nSPS) is 11.5. The molecule has 0 aliphatic carbocycles. The molecular weight excluding hydrogens is 288 g/mol. The van der Waals surface area contributed by atoms with Gasteiger partial charge in [-0.2, -0.15) is 0 Å². The monoisotopic (exact) mass is 302 g/mol. The lowest BCUT2D eigenvalue weighted by molar-refractivity contribution is -0.114. The van der Waals surface area contributed by atoms with Gasteiger partial charge in [0.25, 0.3) is 15.9 Å². The van der Waals surface area contributed by atoms with Gasteiger partial charge in [-0.25, -0.2) is 13.1 Å². The van der Waals surface area contributed by atoms with Crippen LogP contribution in [0.4, 0.5) is 0 Å². The van der Waals surface area contributed by atoms with E-state index >= 15 is 0 Å². The number of carbonyl (C=O) groups excluding carboxylic acids is 1. The third-order valence-corrected chi connectivity index (χ3v) is 3.97. The van der Waals surface area contributed by atoms with E-state index in [1.165, 1.54) is 18.2 Å². The van der Waals surface area contributed by atoms with Crippen molar-refractivity contribution >= 4 is 22.0 Å². The second-order valence-corrected chi connectivity index (χ2v) is 6.06. The molecule has 2 rings (SSSR count). The van der Waals surface area contributed by atoms with E-state index in [0.29, 0.717) is 5.69 Å². The maximum Gasteiger partial charge on any atom is 0.264 e. The maximum absolute atomic E-state index is 12.0. The average Bonchev–Trinajstić information content (AvgIpc) is 2.46. The largest absolute Gasteiger partial charge is 0.269 e. The van der Waals surface area contributed by atoms with Crippen LogP contribution in [0.1, 0.15) is 11.3 Å². The van der Waals surface area contributed by atoms with Gasteiger partial charge in [-0.3, -0.25) is 9.78 Å². The SMILES string of the molecule is Cc1cccc(S(=O)(=O)NC(=O)C=Cc2ccccn2)c1. The summed E-state index contributed by atoms with van der Waals surface area (Å²) in [4.78, 5) is 15.7. The van der Waals surface area contributed by atoms with Gasteiger partial charge in [-0.15, -0.1) is 0 Å². The molecule has 0 radical (unpaired) electrons. The van der Waals surface area contributed by atoms with Gasteiger partial charge in [-0.1, -0.05) is 18.2 Å². The van der Waals surface area contributed by atoms with Crippen LogP contribution in [0, 0.1) is 6.92 Å². The Morgan fingerprint density at radius 1 is 1.19 bits per heavy atom. The molecule has 1 N–H and O–H groups in total. The molecule has 0 saturated heterocycles. The second kappa shape index (κ2) is 6.32. The molecule has 6 heteroatoms. The highest BCUT2D eigenvalue weighted by molar-refractivity contribution is 7.90. The van der Waals surface area contributed by atoms with Crippen LogP contribution in [0.15, 0.2) is 59.6 Å². The van der Waals surface area contributed by atoms with E-state index < -0.39 is 15.9 Å². The number of nitrogens with zero attached hydrogens (tertiary/aromatic N) is 1. The van der Waals surface area contributed by atoms with Crippen molar-refractivity contribution < 1.29 is 13.2 Å². The Kier molecular flexibility index (Phi) is 4.49. The molecule has 0 aliphatic rings. The Hall–Kier alpha value is -2.47. The van der Waals surface area contributed by atoms with Gasteiger partial charge in [0.1, 0.15) is 0 Å². The van der Waals surface area contributed by atoms with Crippen molar-refractivity contribution in [1.29, 1.82) is 0 Å². The van der Waals surface area contributed by atoms with Gasteiger partial charge in [0.15, 0.2) is 0 Å². The average molecular weight is 302 g/mol. The number of pyridine rings is 1. The fourth-order valence-electron chi connectivity index (χ4n) is 1.64. The topological polar surface area (TPSA) is 76.1 Å². The van der Waals surface area contributed by atoms with E-state index in [1.807, 2.05) is 4.72 Å². The van der Waals surface area contributed by atoms with E-state index in [2.05, 4.69) is 4.98 Å². The molecule has 1 aromatic heterocycles. The third kappa shape index (κ3) is 4.25. The minimum atomic E-state index is -3.86. The fraction of sp³-hybridized carbons (Fsp3) is 0.0667. The second-order valence-electron chi connectivity index (χ2n) is 4.37. The first-order chi connectivity index (χ1) is 9.97. The molecule has 5 nitrogen and oxygen atoms in total. The summed E-state index contributed by atoms with van der Waals surface area (Å²) >= 11 is 0. The highest BCUT2D eigenvalue weighted by atomic mass is 32.2. The van der Waals surface area contributed by atoms with Crippen molar-refractivity contribution in [1.82, 2.24) is 9.71 Å². The summed E-state index contributed by atoms with van der Waals surface area (Å²) in [6.45, 7) is 1.78. The molecule has 2 aromatic rings. The summed E-state index contributed by atoms with van der Waals surface area (Å²) in [5, 5.41) is 0. The number of rotatable bonds is 4. The van der Waals surface area contributed by atoms with Crippen LogP contribution < -0.4 is 4.72 Å². The Bertz CT molecular complexity index is 769. The molecule has 1 amide bonds. The standard InChI is InChI=1S/C15H14N2O3S/c1-12-5-4-7-14(11-12)21(19,20)17-15(18)9-8-13-6-2-3-10-16-13/h2-11H,1H3,(H,17,18). The van der Waals surface area contributed by atoms with Crippen molar-refractivity contribution in [2.75, 3.05) is 0 Å². The Balaban J connectivity index is 2.10. The number of sulfonamides is 1. The number of amides is 1. The minimum absolute atomic E-state index is 0.0575. The third-order valence-electron chi connectivity index (χ3n) is 2.63. The van der Waals surface area contributed by atoms with Crippen LogP contribution in [0.2, 0.25) is 0 Å². The van der Waals surface area contributed by atoms with Gasteiger partial charge < -0.3 is 0 Å². The van der Waals surface area contributed by atoms with Gasteiger partial charge in [0.05, 0.1) is 10.6 Å². The fourth-order valence-corrected chi connectivity index (χ4v) is 2.69. The summed E-state index contributed by atoms with van der Waals surface area (Å²) < 4.78 is 26.0. The van der Waals surface area contributed by atoms with Crippen LogP contribution in [0.5, 0.6) is 0 Å². The van der Waals surface area contributed by atoms with E-state index in [0.717, 1.165) is 11.6 Å². The number of aromatic nitrogens is 1. The predicted molar refractivity (Wildman–Crippen MR) is 79.8 cm³/mol. The molecule has 0 bridgehead atoms. The molecule has 108 valence electrons. The zero-order valence-electron chi connectivity index (χ0n) is 11.4. The van der Waals surface area contributed by atoms with E-state index in [-0.39, 0.29) is 4.90 Å². The molecule has 0 spiro atoms. The number of hydrogen-bond acceptors (Lipinski definition) is 4. The number of hydrogen-bond donors (Lipinski definition) is 1. The number of aryl methyl sites for hydroxylation is 1. The van der Waals surface area contributed by atoms with Gasteiger partial charge in [-0.05, 0) is 42.8 Å². The molecule has 0 saturated carbocycles. The van der Waals surface area contributed by atoms with Crippen LogP contribution in [0.3, 0.4) is 0 Å². The summed E-state index contributed by atoms with van der Waals surface area (Å²) in [6, 6.07) is 11.6. The summed E-state index contributed by atoms with van der Waals surface area (Å²) in [5.41, 5.74) is 1.37. The summed E-state index contributed by atoms with van der Waals surface area (Å²) in [7, 11) is -3.86. The first-order valence-corrected chi connectivity index (χ1v) is 7.68. The molecule has 0 unspecified atom stereocenters. The first kappa shape index (κ1) is 14.9. The quantitative estimate of drug-likeness (QED) is 0.875. The maximum atomic E-state index is 12.0. The van der Waals surface area contributed by atoms with Crippen molar-refractivity contribution in [3.63, 3.8) is 0 Å². The zero-order chi connectivity index (χ0) is 15.3. The number of carbonyl (C=O) groups is 1. The minimum Gasteiger partial charge on any atom is -0.269 e. The molecule has 0 atom stereocenters. The molecule has 0 fully saturated rings. The van der Waals surface area contributed by atoms with Crippen molar-refractivity contribution in [2.45, 2.75) is 11.8 Å². The number of nitrogens with one attached hydrogen (secondary N) is 1. The van der Waals surface area contributed by atoms with Crippen LogP contribution >= 0.6 is 0 Å². The lowest BCUT2D eigenvalue weighted by Gasteiger charge is -2.05. The molecule has 0 aliphatic heterocycles. The van der Waals surface area contributed by atoms with Crippen molar-refractivity contribution in [3.05, 3.63) is 66.0 Å². The van der Waals surface area contributed by atoms with Gasteiger partial charge in [0, 0.05) is 12.3 Å². The van der Waals surface area contributed by atoms with Gasteiger partial charge in [0.2, 0.25) is 0 Å². The Morgan fingerprint density at radius 3 is 2.67 bits per heavy atom. The highest BCUT2D eigenvalue weighted by Crippen LogP contribution is 2.10. The molecule has 1 aromatic carbocycles. The summed E-state index contributed by atoms with van der Waals surface area (Å²) in [6.07, 6.45) is 4.16. The lowest BCUT2D eigenvalue weighted by atomic mass is 10.2. The number of benzene rings is 1. The Morgan fingerprint density at radius 2 is 2.00 bits per heavy atom. The molecular formula is C15H14N2O3S. The smallest absolute Gasteiger partial charge is 0.264 e. The van der Waals surface area contributed by atoms with Gasteiger partial charge >= 0.3 is 0 Å². The van der Waals surface area contributed by atoms with E-state index in [1.54, 1.807) is 43.5 Å². The highest BCUT2D eigenvalue weighted by Gasteiger charge is 2.15. The lowest BCUT2D eigenvalue weighted by Crippen LogP contribution is -2.29.